The number of hydrogen-bond acceptors (Lipinski definition) is 2. The van der Waals surface area contributed by atoms with Gasteiger partial charge < -0.3 is 0 Å². The third-order valence-corrected chi connectivity index (χ3v) is 2.99. The second-order valence-corrected chi connectivity index (χ2v) is 4.06. The van der Waals surface area contributed by atoms with Crippen LogP contribution in [0, 0.1) is 23.3 Å². The summed E-state index contributed by atoms with van der Waals surface area (Å²) in [6.45, 7) is 0. The fraction of sp³-hybridized carbons (Fsp3) is 0.300. The van der Waals surface area contributed by atoms with E-state index in [-0.39, 0.29) is 12.8 Å². The Hall–Kier alpha value is -1.39. The van der Waals surface area contributed by atoms with Crippen LogP contribution in [0.5, 0.6) is 0 Å². The molecule has 1 aromatic carbocycles. The molecule has 2 rings (SSSR count). The monoisotopic (exact) mass is 265 g/mol. The fourth-order valence-electron chi connectivity index (χ4n) is 1.64. The summed E-state index contributed by atoms with van der Waals surface area (Å²) in [6.07, 6.45) is 1.38. The van der Waals surface area contributed by atoms with Crippen LogP contribution in [-0.2, 0) is 10.3 Å². The maximum atomic E-state index is 13.5. The molecule has 0 spiro atoms. The number of rotatable bonds is 2. The summed E-state index contributed by atoms with van der Waals surface area (Å²) < 4.78 is 53.4. The van der Waals surface area contributed by atoms with Gasteiger partial charge in [-0.05, 0) is 12.8 Å². The maximum Gasteiger partial charge on any atom is 0.235 e. The summed E-state index contributed by atoms with van der Waals surface area (Å²) >= 11 is 5.07. The summed E-state index contributed by atoms with van der Waals surface area (Å²) in [5.74, 6) is -6.61. The van der Waals surface area contributed by atoms with Crippen LogP contribution >= 0.6 is 11.6 Å². The molecule has 7 heteroatoms. The first kappa shape index (κ1) is 12.1. The molecule has 0 aromatic heterocycles. The Labute approximate surface area is 97.9 Å². The molecule has 0 bridgehead atoms. The molecule has 2 nitrogen and oxygen atoms in total. The highest BCUT2D eigenvalue weighted by molar-refractivity contribution is 6.30. The number of isocyanates is 1. The highest BCUT2D eigenvalue weighted by Crippen LogP contribution is 2.52. The second-order valence-electron chi connectivity index (χ2n) is 3.68. The number of hydrogen-bond donors (Lipinski definition) is 0. The molecule has 1 aromatic rings. The van der Waals surface area contributed by atoms with Gasteiger partial charge in [0.15, 0.2) is 23.3 Å². The molecule has 1 fully saturated rings. The van der Waals surface area contributed by atoms with Crippen molar-refractivity contribution in [1.82, 2.24) is 0 Å². The zero-order valence-corrected chi connectivity index (χ0v) is 8.92. The van der Waals surface area contributed by atoms with Crippen molar-refractivity contribution in [3.05, 3.63) is 33.9 Å². The van der Waals surface area contributed by atoms with E-state index in [2.05, 4.69) is 4.99 Å². The Morgan fingerprint density at radius 3 is 1.88 bits per heavy atom. The van der Waals surface area contributed by atoms with E-state index in [1.54, 1.807) is 0 Å². The lowest BCUT2D eigenvalue weighted by atomic mass is 10.0. The third-order valence-electron chi connectivity index (χ3n) is 2.66. The molecule has 0 saturated heterocycles. The van der Waals surface area contributed by atoms with Gasteiger partial charge in [0, 0.05) is 0 Å². The Bertz CT molecular complexity index is 521. The zero-order valence-electron chi connectivity index (χ0n) is 8.16. The fourth-order valence-corrected chi connectivity index (χ4v) is 1.80. The molecular formula is C10H4ClF4NO. The first-order valence-corrected chi connectivity index (χ1v) is 4.93. The third kappa shape index (κ3) is 1.64. The second kappa shape index (κ2) is 3.82. The van der Waals surface area contributed by atoms with Gasteiger partial charge >= 0.3 is 0 Å². The Balaban J connectivity index is 2.75. The Morgan fingerprint density at radius 2 is 1.53 bits per heavy atom. The number of aliphatic imine (C=N–C) groups is 1. The minimum Gasteiger partial charge on any atom is -0.211 e. The topological polar surface area (TPSA) is 29.4 Å². The van der Waals surface area contributed by atoms with Crippen LogP contribution in [0.25, 0.3) is 0 Å². The smallest absolute Gasteiger partial charge is 0.211 e. The SMILES string of the molecule is O=C=NC1(c2c(F)c(F)c(Cl)c(F)c2F)CC1. The van der Waals surface area contributed by atoms with E-state index >= 15 is 0 Å². The van der Waals surface area contributed by atoms with Crippen molar-refractivity contribution >= 4 is 17.7 Å². The van der Waals surface area contributed by atoms with Crippen LogP contribution in [0.3, 0.4) is 0 Å². The van der Waals surface area contributed by atoms with Crippen molar-refractivity contribution < 1.29 is 22.4 Å². The molecule has 17 heavy (non-hydrogen) atoms. The lowest BCUT2D eigenvalue weighted by Gasteiger charge is -2.13. The number of benzene rings is 1. The molecule has 0 aliphatic heterocycles. The predicted molar refractivity (Wildman–Crippen MR) is 50.3 cm³/mol. The van der Waals surface area contributed by atoms with Gasteiger partial charge in [0.25, 0.3) is 0 Å². The van der Waals surface area contributed by atoms with Crippen molar-refractivity contribution in [1.29, 1.82) is 0 Å². The van der Waals surface area contributed by atoms with E-state index in [1.807, 2.05) is 0 Å². The number of halogens is 5. The molecule has 1 aliphatic carbocycles. The van der Waals surface area contributed by atoms with Crippen molar-refractivity contribution in [2.45, 2.75) is 18.4 Å². The van der Waals surface area contributed by atoms with E-state index in [4.69, 9.17) is 11.6 Å². The summed E-state index contributed by atoms with van der Waals surface area (Å²) in [7, 11) is 0. The van der Waals surface area contributed by atoms with E-state index in [9.17, 15) is 22.4 Å². The summed E-state index contributed by atoms with van der Waals surface area (Å²) in [4.78, 5) is 13.4. The summed E-state index contributed by atoms with van der Waals surface area (Å²) in [5, 5.41) is -1.25. The van der Waals surface area contributed by atoms with Crippen molar-refractivity contribution in [3.63, 3.8) is 0 Å². The lowest BCUT2D eigenvalue weighted by Crippen LogP contribution is -2.13. The average Bonchev–Trinajstić information content (AvgIpc) is 3.05. The van der Waals surface area contributed by atoms with E-state index < -0.39 is 39.4 Å². The van der Waals surface area contributed by atoms with Crippen molar-refractivity contribution in [2.75, 3.05) is 0 Å². The minimum atomic E-state index is -1.69. The van der Waals surface area contributed by atoms with Crippen LogP contribution in [0.1, 0.15) is 18.4 Å². The molecule has 0 heterocycles. The van der Waals surface area contributed by atoms with Crippen LogP contribution < -0.4 is 0 Å². The molecule has 0 N–H and O–H groups in total. The van der Waals surface area contributed by atoms with Gasteiger partial charge in [-0.3, -0.25) is 0 Å². The van der Waals surface area contributed by atoms with Gasteiger partial charge in [0.1, 0.15) is 10.6 Å². The molecule has 1 aliphatic rings. The number of nitrogens with zero attached hydrogens (tertiary/aromatic N) is 1. The van der Waals surface area contributed by atoms with Gasteiger partial charge in [-0.1, -0.05) is 11.6 Å². The van der Waals surface area contributed by atoms with Crippen molar-refractivity contribution in [2.24, 2.45) is 4.99 Å². The normalized spacial score (nSPS) is 16.5. The van der Waals surface area contributed by atoms with Crippen LogP contribution in [0.4, 0.5) is 17.6 Å². The molecule has 1 saturated carbocycles. The predicted octanol–water partition coefficient (Wildman–Crippen LogP) is 3.22. The van der Waals surface area contributed by atoms with Crippen LogP contribution in [-0.4, -0.2) is 6.08 Å². The van der Waals surface area contributed by atoms with Gasteiger partial charge in [0.05, 0.1) is 5.56 Å². The van der Waals surface area contributed by atoms with E-state index in [0.717, 1.165) is 6.08 Å². The highest BCUT2D eigenvalue weighted by Gasteiger charge is 2.50. The van der Waals surface area contributed by atoms with Gasteiger partial charge in [-0.15, -0.1) is 0 Å². The largest absolute Gasteiger partial charge is 0.235 e. The van der Waals surface area contributed by atoms with Gasteiger partial charge in [-0.25, -0.2) is 22.4 Å². The minimum absolute atomic E-state index is 0.122. The quantitative estimate of drug-likeness (QED) is 0.265. The Kier molecular flexibility index (Phi) is 2.72. The molecule has 0 unspecified atom stereocenters. The first-order valence-electron chi connectivity index (χ1n) is 4.55. The van der Waals surface area contributed by atoms with E-state index in [0.29, 0.717) is 0 Å². The molecule has 0 amide bonds. The van der Waals surface area contributed by atoms with E-state index in [1.165, 1.54) is 0 Å². The molecule has 90 valence electrons. The zero-order chi connectivity index (χ0) is 12.8. The first-order chi connectivity index (χ1) is 7.94. The lowest BCUT2D eigenvalue weighted by molar-refractivity contribution is 0.423. The Morgan fingerprint density at radius 1 is 1.06 bits per heavy atom. The number of carbonyl (C=O) groups excluding carboxylic acids is 1. The molecular weight excluding hydrogens is 262 g/mol. The van der Waals surface area contributed by atoms with Crippen LogP contribution in [0.15, 0.2) is 4.99 Å². The molecule has 0 radical (unpaired) electrons. The van der Waals surface area contributed by atoms with Crippen LogP contribution in [0.2, 0.25) is 5.02 Å². The summed E-state index contributed by atoms with van der Waals surface area (Å²) in [6, 6.07) is 0. The highest BCUT2D eigenvalue weighted by atomic mass is 35.5. The van der Waals surface area contributed by atoms with Gasteiger partial charge in [-0.2, -0.15) is 4.99 Å². The van der Waals surface area contributed by atoms with Gasteiger partial charge in [0.2, 0.25) is 6.08 Å². The summed E-state index contributed by atoms with van der Waals surface area (Å²) in [5.41, 5.74) is -2.44. The average molecular weight is 266 g/mol. The van der Waals surface area contributed by atoms with Crippen molar-refractivity contribution in [3.8, 4) is 0 Å². The molecule has 0 atom stereocenters. The maximum absolute atomic E-state index is 13.5. The standard InChI is InChI=1S/C10H4ClF4NO/c11-5-8(14)6(12)4(7(13)9(5)15)10(1-2-10)16-3-17/h1-2H2.